The SMILES string of the molecule is COC(=O)C(C)(C)N1CCN(CC2CCCNC2)CC1. The third kappa shape index (κ3) is 3.71. The molecule has 5 nitrogen and oxygen atoms in total. The quantitative estimate of drug-likeness (QED) is 0.764. The molecule has 2 heterocycles. The molecule has 0 aromatic rings. The summed E-state index contributed by atoms with van der Waals surface area (Å²) in [6, 6.07) is 0. The Kier molecular flexibility index (Phi) is 5.41. The van der Waals surface area contributed by atoms with Gasteiger partial charge in [0.2, 0.25) is 0 Å². The standard InChI is InChI=1S/C15H29N3O2/c1-15(2,14(19)20-3)18-9-7-17(8-10-18)12-13-5-4-6-16-11-13/h13,16H,4-12H2,1-3H3. The highest BCUT2D eigenvalue weighted by Gasteiger charge is 2.37. The van der Waals surface area contributed by atoms with E-state index in [-0.39, 0.29) is 5.97 Å². The summed E-state index contributed by atoms with van der Waals surface area (Å²) >= 11 is 0. The van der Waals surface area contributed by atoms with Crippen LogP contribution in [0.5, 0.6) is 0 Å². The maximum Gasteiger partial charge on any atom is 0.325 e. The normalized spacial score (nSPS) is 26.4. The molecule has 1 unspecified atom stereocenters. The van der Waals surface area contributed by atoms with Crippen molar-refractivity contribution in [1.82, 2.24) is 15.1 Å². The van der Waals surface area contributed by atoms with Crippen LogP contribution in [0.3, 0.4) is 0 Å². The average Bonchev–Trinajstić information content (AvgIpc) is 2.48. The van der Waals surface area contributed by atoms with Crippen molar-refractivity contribution in [2.45, 2.75) is 32.2 Å². The maximum absolute atomic E-state index is 11.8. The Morgan fingerprint density at radius 3 is 2.55 bits per heavy atom. The van der Waals surface area contributed by atoms with Gasteiger partial charge < -0.3 is 15.0 Å². The molecule has 2 aliphatic heterocycles. The van der Waals surface area contributed by atoms with Gasteiger partial charge in [-0.25, -0.2) is 0 Å². The number of hydrogen-bond acceptors (Lipinski definition) is 5. The predicted molar refractivity (Wildman–Crippen MR) is 79.7 cm³/mol. The molecule has 0 spiro atoms. The first-order valence-electron chi connectivity index (χ1n) is 7.80. The third-order valence-electron chi connectivity index (χ3n) is 4.76. The van der Waals surface area contributed by atoms with Crippen molar-refractivity contribution in [3.63, 3.8) is 0 Å². The molecule has 116 valence electrons. The summed E-state index contributed by atoms with van der Waals surface area (Å²) in [6.45, 7) is 11.4. The molecule has 1 N–H and O–H groups in total. The minimum absolute atomic E-state index is 0.137. The van der Waals surface area contributed by atoms with Crippen LogP contribution in [-0.4, -0.2) is 74.2 Å². The fraction of sp³-hybridized carbons (Fsp3) is 0.933. The molecule has 0 aromatic carbocycles. The number of piperazine rings is 1. The molecule has 0 radical (unpaired) electrons. The van der Waals surface area contributed by atoms with E-state index in [1.54, 1.807) is 0 Å². The maximum atomic E-state index is 11.8. The first kappa shape index (κ1) is 15.7. The van der Waals surface area contributed by atoms with Crippen molar-refractivity contribution in [1.29, 1.82) is 0 Å². The Bertz CT molecular complexity index is 319. The minimum Gasteiger partial charge on any atom is -0.468 e. The van der Waals surface area contributed by atoms with E-state index in [2.05, 4.69) is 15.1 Å². The lowest BCUT2D eigenvalue weighted by atomic mass is 9.98. The molecule has 20 heavy (non-hydrogen) atoms. The predicted octanol–water partition coefficient (Wildman–Crippen LogP) is 0.555. The van der Waals surface area contributed by atoms with Gasteiger partial charge in [0.15, 0.2) is 0 Å². The van der Waals surface area contributed by atoms with Gasteiger partial charge in [-0.15, -0.1) is 0 Å². The van der Waals surface area contributed by atoms with Crippen LogP contribution < -0.4 is 5.32 Å². The summed E-state index contributed by atoms with van der Waals surface area (Å²) in [5, 5.41) is 3.48. The Hall–Kier alpha value is -0.650. The topological polar surface area (TPSA) is 44.8 Å². The number of carbonyl (C=O) groups is 1. The molecule has 0 aromatic heterocycles. The third-order valence-corrected chi connectivity index (χ3v) is 4.76. The number of piperidine rings is 1. The molecular formula is C15H29N3O2. The van der Waals surface area contributed by atoms with Gasteiger partial charge in [-0.3, -0.25) is 9.69 Å². The van der Waals surface area contributed by atoms with Crippen molar-refractivity contribution in [2.24, 2.45) is 5.92 Å². The Balaban J connectivity index is 1.78. The largest absolute Gasteiger partial charge is 0.468 e. The van der Waals surface area contributed by atoms with Crippen LogP contribution in [0.25, 0.3) is 0 Å². The van der Waals surface area contributed by atoms with Gasteiger partial charge in [0.25, 0.3) is 0 Å². The summed E-state index contributed by atoms with van der Waals surface area (Å²) in [5.74, 6) is 0.659. The molecule has 1 atom stereocenters. The van der Waals surface area contributed by atoms with Crippen LogP contribution in [0.4, 0.5) is 0 Å². The smallest absolute Gasteiger partial charge is 0.325 e. The first-order valence-corrected chi connectivity index (χ1v) is 7.80. The highest BCUT2D eigenvalue weighted by atomic mass is 16.5. The van der Waals surface area contributed by atoms with E-state index < -0.39 is 5.54 Å². The van der Waals surface area contributed by atoms with E-state index in [4.69, 9.17) is 4.74 Å². The highest BCUT2D eigenvalue weighted by molar-refractivity contribution is 5.79. The number of methoxy groups -OCH3 is 1. The fourth-order valence-corrected chi connectivity index (χ4v) is 3.31. The lowest BCUT2D eigenvalue weighted by Crippen LogP contribution is -2.58. The van der Waals surface area contributed by atoms with E-state index in [1.807, 2.05) is 13.8 Å². The lowest BCUT2D eigenvalue weighted by Gasteiger charge is -2.43. The molecule has 0 aliphatic carbocycles. The Labute approximate surface area is 122 Å². The zero-order chi connectivity index (χ0) is 14.6. The first-order chi connectivity index (χ1) is 9.54. The molecule has 2 fully saturated rings. The zero-order valence-corrected chi connectivity index (χ0v) is 13.2. The minimum atomic E-state index is -0.507. The fourth-order valence-electron chi connectivity index (χ4n) is 3.31. The second-order valence-electron chi connectivity index (χ2n) is 6.55. The molecule has 2 rings (SSSR count). The summed E-state index contributed by atoms with van der Waals surface area (Å²) in [5.41, 5.74) is -0.507. The van der Waals surface area contributed by atoms with E-state index in [9.17, 15) is 4.79 Å². The number of esters is 1. The number of nitrogens with one attached hydrogen (secondary N) is 1. The summed E-state index contributed by atoms with van der Waals surface area (Å²) < 4.78 is 4.91. The number of rotatable bonds is 4. The second kappa shape index (κ2) is 6.87. The van der Waals surface area contributed by atoms with Gasteiger partial charge in [-0.05, 0) is 45.7 Å². The molecule has 5 heteroatoms. The van der Waals surface area contributed by atoms with Crippen LogP contribution >= 0.6 is 0 Å². The van der Waals surface area contributed by atoms with Crippen molar-refractivity contribution in [3.05, 3.63) is 0 Å². The Morgan fingerprint density at radius 1 is 1.30 bits per heavy atom. The second-order valence-corrected chi connectivity index (χ2v) is 6.55. The van der Waals surface area contributed by atoms with Gasteiger partial charge in [0, 0.05) is 32.7 Å². The number of nitrogens with zero attached hydrogens (tertiary/aromatic N) is 2. The van der Waals surface area contributed by atoms with E-state index >= 15 is 0 Å². The van der Waals surface area contributed by atoms with E-state index in [0.29, 0.717) is 0 Å². The van der Waals surface area contributed by atoms with Crippen LogP contribution in [0.15, 0.2) is 0 Å². The summed E-state index contributed by atoms with van der Waals surface area (Å²) in [4.78, 5) is 16.6. The summed E-state index contributed by atoms with van der Waals surface area (Å²) in [7, 11) is 1.47. The van der Waals surface area contributed by atoms with Crippen molar-refractivity contribution < 1.29 is 9.53 Å². The number of ether oxygens (including phenoxy) is 1. The van der Waals surface area contributed by atoms with Gasteiger partial charge >= 0.3 is 5.97 Å². The van der Waals surface area contributed by atoms with Gasteiger partial charge in [-0.2, -0.15) is 0 Å². The number of hydrogen-bond donors (Lipinski definition) is 1. The molecule has 2 aliphatic rings. The van der Waals surface area contributed by atoms with Crippen molar-refractivity contribution in [2.75, 3.05) is 52.9 Å². The highest BCUT2D eigenvalue weighted by Crippen LogP contribution is 2.20. The van der Waals surface area contributed by atoms with E-state index in [1.165, 1.54) is 33.0 Å². The zero-order valence-electron chi connectivity index (χ0n) is 13.2. The molecular weight excluding hydrogens is 254 g/mol. The van der Waals surface area contributed by atoms with Crippen LogP contribution in [0.2, 0.25) is 0 Å². The summed E-state index contributed by atoms with van der Waals surface area (Å²) in [6.07, 6.45) is 2.65. The molecule has 0 amide bonds. The van der Waals surface area contributed by atoms with Gasteiger partial charge in [0.1, 0.15) is 5.54 Å². The average molecular weight is 283 g/mol. The monoisotopic (exact) mass is 283 g/mol. The molecule has 0 bridgehead atoms. The van der Waals surface area contributed by atoms with Crippen molar-refractivity contribution >= 4 is 5.97 Å². The van der Waals surface area contributed by atoms with Crippen molar-refractivity contribution in [3.8, 4) is 0 Å². The molecule has 0 saturated carbocycles. The van der Waals surface area contributed by atoms with Crippen LogP contribution in [0.1, 0.15) is 26.7 Å². The van der Waals surface area contributed by atoms with E-state index in [0.717, 1.165) is 38.6 Å². The van der Waals surface area contributed by atoms with Gasteiger partial charge in [0.05, 0.1) is 7.11 Å². The number of carbonyl (C=O) groups excluding carboxylic acids is 1. The van der Waals surface area contributed by atoms with Crippen LogP contribution in [-0.2, 0) is 9.53 Å². The van der Waals surface area contributed by atoms with Gasteiger partial charge in [-0.1, -0.05) is 0 Å². The lowest BCUT2D eigenvalue weighted by molar-refractivity contribution is -0.154. The molecule has 2 saturated heterocycles. The Morgan fingerprint density at radius 2 is 2.00 bits per heavy atom. The van der Waals surface area contributed by atoms with Crippen LogP contribution in [0, 0.1) is 5.92 Å².